The molecule has 6 nitrogen and oxygen atoms in total. The van der Waals surface area contributed by atoms with Gasteiger partial charge in [0.05, 0.1) is 17.1 Å². The van der Waals surface area contributed by atoms with Gasteiger partial charge in [0.2, 0.25) is 0 Å². The van der Waals surface area contributed by atoms with Crippen LogP contribution in [0.15, 0.2) is 22.7 Å². The number of nitro benzene ring substituents is 1. The Hall–Kier alpha value is -1.47. The highest BCUT2D eigenvalue weighted by Gasteiger charge is 2.19. The summed E-state index contributed by atoms with van der Waals surface area (Å²) in [6.07, 6.45) is 0. The summed E-state index contributed by atoms with van der Waals surface area (Å²) in [5, 5.41) is 10.7. The monoisotopic (exact) mass is 316 g/mol. The molecule has 0 saturated heterocycles. The zero-order valence-electron chi connectivity index (χ0n) is 9.97. The van der Waals surface area contributed by atoms with E-state index in [1.807, 2.05) is 13.8 Å². The third-order valence-electron chi connectivity index (χ3n) is 2.00. The molecule has 1 aromatic carbocycles. The quantitative estimate of drug-likeness (QED) is 0.668. The van der Waals surface area contributed by atoms with E-state index < -0.39 is 10.8 Å². The minimum Gasteiger partial charge on any atom is -0.273 e. The Morgan fingerprint density at radius 2 is 2.22 bits per heavy atom. The lowest BCUT2D eigenvalue weighted by molar-refractivity contribution is -0.385. The second-order valence-electron chi connectivity index (χ2n) is 4.03. The Labute approximate surface area is 113 Å². The number of nitro groups is 1. The number of hydrogen-bond acceptors (Lipinski definition) is 4. The number of benzene rings is 1. The maximum absolute atomic E-state index is 11.7. The van der Waals surface area contributed by atoms with E-state index in [0.717, 1.165) is 0 Å². The molecule has 1 rings (SSSR count). The van der Waals surface area contributed by atoms with Gasteiger partial charge in [0.25, 0.3) is 11.6 Å². The predicted molar refractivity (Wildman–Crippen MR) is 69.1 cm³/mol. The van der Waals surface area contributed by atoms with Gasteiger partial charge in [-0.05, 0) is 27.9 Å². The molecule has 0 atom stereocenters. The third kappa shape index (κ3) is 3.78. The summed E-state index contributed by atoms with van der Waals surface area (Å²) in [5.74, 6) is -0.245. The molecule has 0 unspecified atom stereocenters. The molecule has 0 radical (unpaired) electrons. The van der Waals surface area contributed by atoms with E-state index in [-0.39, 0.29) is 21.6 Å². The summed E-state index contributed by atoms with van der Waals surface area (Å²) in [7, 11) is 0. The van der Waals surface area contributed by atoms with Gasteiger partial charge in [-0.1, -0.05) is 19.9 Å². The van der Waals surface area contributed by atoms with Gasteiger partial charge in [-0.3, -0.25) is 19.7 Å². The number of carbonyl (C=O) groups is 1. The minimum absolute atomic E-state index is 0.139. The third-order valence-corrected chi connectivity index (χ3v) is 2.83. The van der Waals surface area contributed by atoms with Crippen molar-refractivity contribution in [3.63, 3.8) is 0 Å². The zero-order chi connectivity index (χ0) is 13.7. The molecule has 1 amide bonds. The molecule has 1 N–H and O–H groups in total. The molecule has 0 aliphatic carbocycles. The van der Waals surface area contributed by atoms with Gasteiger partial charge in [0.1, 0.15) is 4.47 Å². The van der Waals surface area contributed by atoms with Crippen molar-refractivity contribution >= 4 is 27.5 Å². The van der Waals surface area contributed by atoms with E-state index >= 15 is 0 Å². The highest BCUT2D eigenvalue weighted by molar-refractivity contribution is 9.10. The number of amides is 1. The van der Waals surface area contributed by atoms with Crippen LogP contribution in [0.4, 0.5) is 5.69 Å². The molecule has 0 fully saturated rings. The topological polar surface area (TPSA) is 81.5 Å². The van der Waals surface area contributed by atoms with Crippen molar-refractivity contribution in [1.29, 1.82) is 0 Å². The molecular weight excluding hydrogens is 304 g/mol. The van der Waals surface area contributed by atoms with E-state index in [2.05, 4.69) is 21.4 Å². The summed E-state index contributed by atoms with van der Waals surface area (Å²) in [6.45, 7) is 4.25. The second-order valence-corrected chi connectivity index (χ2v) is 4.82. The van der Waals surface area contributed by atoms with Crippen LogP contribution in [0.25, 0.3) is 0 Å². The second kappa shape index (κ2) is 6.46. The highest BCUT2D eigenvalue weighted by atomic mass is 79.9. The van der Waals surface area contributed by atoms with Gasteiger partial charge in [-0.2, -0.15) is 0 Å². The number of nitrogens with one attached hydrogen (secondary N) is 1. The maximum Gasteiger partial charge on any atom is 0.284 e. The van der Waals surface area contributed by atoms with Crippen molar-refractivity contribution in [2.24, 2.45) is 5.92 Å². The van der Waals surface area contributed by atoms with E-state index in [1.165, 1.54) is 18.2 Å². The lowest BCUT2D eigenvalue weighted by Crippen LogP contribution is -2.26. The molecule has 98 valence electrons. The van der Waals surface area contributed by atoms with E-state index in [0.29, 0.717) is 6.61 Å². The fraction of sp³-hybridized carbons (Fsp3) is 0.364. The zero-order valence-corrected chi connectivity index (χ0v) is 11.6. The van der Waals surface area contributed by atoms with Gasteiger partial charge in [0.15, 0.2) is 0 Å². The Bertz CT molecular complexity index is 462. The first kappa shape index (κ1) is 14.6. The van der Waals surface area contributed by atoms with Crippen LogP contribution in [0.5, 0.6) is 0 Å². The summed E-state index contributed by atoms with van der Waals surface area (Å²) >= 11 is 3.05. The van der Waals surface area contributed by atoms with Crippen LogP contribution in [0, 0.1) is 16.0 Å². The summed E-state index contributed by atoms with van der Waals surface area (Å²) in [6, 6.07) is 4.24. The molecule has 0 aliphatic heterocycles. The lowest BCUT2D eigenvalue weighted by Gasteiger charge is -2.08. The van der Waals surface area contributed by atoms with Gasteiger partial charge >= 0.3 is 0 Å². The maximum atomic E-state index is 11.7. The Balaban J connectivity index is 2.80. The number of rotatable bonds is 5. The number of hydrogen-bond donors (Lipinski definition) is 1. The normalized spacial score (nSPS) is 10.4. The standard InChI is InChI=1S/C11H13BrN2O4/c1-7(2)6-18-13-11(15)8-4-3-5-9(10(8)12)14(16)17/h3-5,7H,6H2,1-2H3,(H,13,15). The van der Waals surface area contributed by atoms with Crippen molar-refractivity contribution in [2.45, 2.75) is 13.8 Å². The molecule has 0 bridgehead atoms. The van der Waals surface area contributed by atoms with Crippen molar-refractivity contribution < 1.29 is 14.6 Å². The van der Waals surface area contributed by atoms with E-state index in [1.54, 1.807) is 0 Å². The fourth-order valence-corrected chi connectivity index (χ4v) is 1.75. The smallest absolute Gasteiger partial charge is 0.273 e. The minimum atomic E-state index is -0.560. The van der Waals surface area contributed by atoms with E-state index in [4.69, 9.17) is 4.84 Å². The molecule has 1 aromatic rings. The van der Waals surface area contributed by atoms with Crippen LogP contribution >= 0.6 is 15.9 Å². The SMILES string of the molecule is CC(C)CONC(=O)c1cccc([N+](=O)[O-])c1Br. The van der Waals surface area contributed by atoms with Crippen molar-refractivity contribution in [2.75, 3.05) is 6.61 Å². The van der Waals surface area contributed by atoms with Crippen LogP contribution in [0.3, 0.4) is 0 Å². The summed E-state index contributed by atoms with van der Waals surface area (Å²) in [5.41, 5.74) is 2.25. The van der Waals surface area contributed by atoms with Gasteiger partial charge in [0, 0.05) is 6.07 Å². The van der Waals surface area contributed by atoms with Crippen molar-refractivity contribution in [1.82, 2.24) is 5.48 Å². The number of hydroxylamine groups is 1. The van der Waals surface area contributed by atoms with Crippen molar-refractivity contribution in [3.8, 4) is 0 Å². The van der Waals surface area contributed by atoms with Crippen LogP contribution in [0.1, 0.15) is 24.2 Å². The number of carbonyl (C=O) groups excluding carboxylic acids is 1. The molecule has 0 spiro atoms. The largest absolute Gasteiger partial charge is 0.284 e. The predicted octanol–water partition coefficient (Wildman–Crippen LogP) is 2.67. The molecule has 7 heteroatoms. The first-order valence-corrected chi connectivity index (χ1v) is 6.07. The molecular formula is C11H13BrN2O4. The molecule has 0 saturated carbocycles. The molecule has 0 aliphatic rings. The first-order valence-electron chi connectivity index (χ1n) is 5.28. The number of nitrogens with zero attached hydrogens (tertiary/aromatic N) is 1. The van der Waals surface area contributed by atoms with Gasteiger partial charge in [-0.25, -0.2) is 5.48 Å². The molecule has 0 heterocycles. The molecule has 18 heavy (non-hydrogen) atoms. The first-order chi connectivity index (χ1) is 8.43. The average Bonchev–Trinajstić information content (AvgIpc) is 2.28. The van der Waals surface area contributed by atoms with E-state index in [9.17, 15) is 14.9 Å². The fourth-order valence-electron chi connectivity index (χ4n) is 1.17. The Morgan fingerprint density at radius 3 is 2.78 bits per heavy atom. The van der Waals surface area contributed by atoms with Crippen LogP contribution in [-0.2, 0) is 4.84 Å². The van der Waals surface area contributed by atoms with Gasteiger partial charge < -0.3 is 0 Å². The van der Waals surface area contributed by atoms with Crippen LogP contribution in [-0.4, -0.2) is 17.4 Å². The summed E-state index contributed by atoms with van der Waals surface area (Å²) < 4.78 is 0.139. The number of halogens is 1. The molecule has 0 aromatic heterocycles. The lowest BCUT2D eigenvalue weighted by atomic mass is 10.2. The average molecular weight is 317 g/mol. The van der Waals surface area contributed by atoms with Crippen LogP contribution < -0.4 is 5.48 Å². The summed E-state index contributed by atoms with van der Waals surface area (Å²) in [4.78, 5) is 26.9. The Kier molecular flexibility index (Phi) is 5.24. The van der Waals surface area contributed by atoms with Crippen molar-refractivity contribution in [3.05, 3.63) is 38.3 Å². The van der Waals surface area contributed by atoms with Crippen LogP contribution in [0.2, 0.25) is 0 Å². The highest BCUT2D eigenvalue weighted by Crippen LogP contribution is 2.28. The Morgan fingerprint density at radius 1 is 1.56 bits per heavy atom. The van der Waals surface area contributed by atoms with Gasteiger partial charge in [-0.15, -0.1) is 0 Å².